The third-order valence-corrected chi connectivity index (χ3v) is 3.17. The molecule has 2 rings (SSSR count). The number of rotatable bonds is 3. The summed E-state index contributed by atoms with van der Waals surface area (Å²) in [5, 5.41) is 4.39. The van der Waals surface area contributed by atoms with Gasteiger partial charge in [0.15, 0.2) is 0 Å². The second kappa shape index (κ2) is 5.53. The number of nitrogens with zero attached hydrogens (tertiary/aromatic N) is 2. The van der Waals surface area contributed by atoms with Gasteiger partial charge in [-0.1, -0.05) is 29.3 Å². The van der Waals surface area contributed by atoms with E-state index in [1.54, 1.807) is 0 Å². The molecular weight excluding hydrogens is 245 g/mol. The molecule has 1 heterocycles. The van der Waals surface area contributed by atoms with E-state index in [-0.39, 0.29) is 0 Å². The van der Waals surface area contributed by atoms with Crippen LogP contribution in [0.15, 0.2) is 23.2 Å². The molecule has 1 aliphatic rings. The molecule has 1 aromatic carbocycles. The lowest BCUT2D eigenvalue weighted by molar-refractivity contribution is 0.377. The van der Waals surface area contributed by atoms with Crippen LogP contribution >= 0.6 is 23.2 Å². The third-order valence-electron chi connectivity index (χ3n) is 2.43. The molecule has 0 amide bonds. The number of halogens is 2. The van der Waals surface area contributed by atoms with Crippen molar-refractivity contribution in [3.05, 3.63) is 33.8 Å². The fraction of sp³-hybridized carbons (Fsp3) is 0.364. The highest BCUT2D eigenvalue weighted by molar-refractivity contribution is 6.42. The van der Waals surface area contributed by atoms with E-state index in [4.69, 9.17) is 23.2 Å². The summed E-state index contributed by atoms with van der Waals surface area (Å²) in [6.45, 7) is 2.49. The molecule has 1 N–H and O–H groups in total. The monoisotopic (exact) mass is 257 g/mol. The zero-order valence-electron chi connectivity index (χ0n) is 8.79. The Labute approximate surface area is 105 Å². The van der Waals surface area contributed by atoms with Crippen LogP contribution in [0.25, 0.3) is 0 Å². The predicted molar refractivity (Wildman–Crippen MR) is 68.2 cm³/mol. The van der Waals surface area contributed by atoms with Crippen molar-refractivity contribution in [1.29, 1.82) is 0 Å². The van der Waals surface area contributed by atoms with E-state index in [2.05, 4.69) is 15.2 Å². The van der Waals surface area contributed by atoms with E-state index in [0.717, 1.165) is 19.6 Å². The quantitative estimate of drug-likeness (QED) is 0.901. The van der Waals surface area contributed by atoms with Gasteiger partial charge in [-0.3, -0.25) is 10.3 Å². The van der Waals surface area contributed by atoms with E-state index in [1.807, 2.05) is 24.5 Å². The normalized spacial score (nSPS) is 15.5. The molecule has 0 radical (unpaired) electrons. The Hall–Kier alpha value is -0.770. The Morgan fingerprint density at radius 3 is 2.88 bits per heavy atom. The molecule has 3 nitrogen and oxygen atoms in total. The molecule has 0 atom stereocenters. The molecule has 5 heteroatoms. The van der Waals surface area contributed by atoms with Crippen molar-refractivity contribution in [2.24, 2.45) is 4.99 Å². The lowest BCUT2D eigenvalue weighted by Crippen LogP contribution is -2.38. The van der Waals surface area contributed by atoms with E-state index in [0.29, 0.717) is 16.7 Å². The summed E-state index contributed by atoms with van der Waals surface area (Å²) in [7, 11) is 0. The van der Waals surface area contributed by atoms with E-state index in [9.17, 15) is 0 Å². The van der Waals surface area contributed by atoms with Gasteiger partial charge in [-0.25, -0.2) is 0 Å². The zero-order valence-corrected chi connectivity index (χ0v) is 10.3. The molecule has 0 spiro atoms. The maximum atomic E-state index is 5.95. The molecule has 16 heavy (non-hydrogen) atoms. The van der Waals surface area contributed by atoms with Crippen molar-refractivity contribution in [1.82, 2.24) is 10.2 Å². The largest absolute Gasteiger partial charge is 0.350 e. The van der Waals surface area contributed by atoms with Gasteiger partial charge in [0.1, 0.15) is 0 Å². The summed E-state index contributed by atoms with van der Waals surface area (Å²) >= 11 is 11.8. The number of hydrogen-bond donors (Lipinski definition) is 1. The second-order valence-electron chi connectivity index (χ2n) is 3.68. The van der Waals surface area contributed by atoms with E-state index in [1.165, 1.54) is 5.56 Å². The Kier molecular flexibility index (Phi) is 4.04. The smallest absolute Gasteiger partial charge is 0.0915 e. The maximum Gasteiger partial charge on any atom is 0.0915 e. The van der Waals surface area contributed by atoms with Gasteiger partial charge < -0.3 is 4.90 Å². The number of nitrogens with one attached hydrogen (secondary N) is 1. The Bertz CT molecular complexity index is 393. The van der Waals surface area contributed by atoms with Gasteiger partial charge in [0.2, 0.25) is 0 Å². The van der Waals surface area contributed by atoms with Crippen molar-refractivity contribution in [2.75, 3.05) is 19.9 Å². The van der Waals surface area contributed by atoms with Crippen molar-refractivity contribution < 1.29 is 0 Å². The summed E-state index contributed by atoms with van der Waals surface area (Å²) < 4.78 is 0. The molecule has 0 saturated heterocycles. The van der Waals surface area contributed by atoms with Gasteiger partial charge in [0.25, 0.3) is 0 Å². The summed E-state index contributed by atoms with van der Waals surface area (Å²) in [5.74, 6) is 0. The highest BCUT2D eigenvalue weighted by Gasteiger charge is 2.05. The first-order valence-electron chi connectivity index (χ1n) is 5.14. The van der Waals surface area contributed by atoms with Gasteiger partial charge in [-0.05, 0) is 24.1 Å². The van der Waals surface area contributed by atoms with Crippen LogP contribution in [0.1, 0.15) is 5.56 Å². The standard InChI is InChI=1S/C11H13Cl2N3/c12-10-2-1-9(5-11(10)13)3-4-16-7-14-6-15-8-16/h1-2,5,7,15H,3-4,6,8H2. The Morgan fingerprint density at radius 1 is 1.31 bits per heavy atom. The average molecular weight is 258 g/mol. The molecule has 1 aliphatic heterocycles. The van der Waals surface area contributed by atoms with Crippen LogP contribution in [0, 0.1) is 0 Å². The number of hydrogen-bond acceptors (Lipinski definition) is 3. The zero-order chi connectivity index (χ0) is 11.4. The lowest BCUT2D eigenvalue weighted by atomic mass is 10.1. The van der Waals surface area contributed by atoms with Gasteiger partial charge in [0.05, 0.1) is 29.7 Å². The van der Waals surface area contributed by atoms with Crippen molar-refractivity contribution >= 4 is 29.5 Å². The first-order chi connectivity index (χ1) is 7.75. The molecular formula is C11H13Cl2N3. The van der Waals surface area contributed by atoms with Crippen molar-refractivity contribution in [3.63, 3.8) is 0 Å². The molecule has 0 aliphatic carbocycles. The minimum Gasteiger partial charge on any atom is -0.350 e. The van der Waals surface area contributed by atoms with Crippen molar-refractivity contribution in [3.8, 4) is 0 Å². The molecule has 0 aromatic heterocycles. The highest BCUT2D eigenvalue weighted by Crippen LogP contribution is 2.22. The SMILES string of the molecule is Clc1ccc(CCN2C=NCNC2)cc1Cl. The fourth-order valence-electron chi connectivity index (χ4n) is 1.56. The van der Waals surface area contributed by atoms with Gasteiger partial charge in [-0.2, -0.15) is 0 Å². The van der Waals surface area contributed by atoms with Gasteiger partial charge in [0, 0.05) is 6.54 Å². The molecule has 0 fully saturated rings. The van der Waals surface area contributed by atoms with Crippen LogP contribution in [0.4, 0.5) is 0 Å². The highest BCUT2D eigenvalue weighted by atomic mass is 35.5. The van der Waals surface area contributed by atoms with Crippen LogP contribution in [-0.4, -0.2) is 31.1 Å². The molecule has 0 unspecified atom stereocenters. The molecule has 0 saturated carbocycles. The van der Waals surface area contributed by atoms with Crippen molar-refractivity contribution in [2.45, 2.75) is 6.42 Å². The predicted octanol–water partition coefficient (Wildman–Crippen LogP) is 2.38. The third kappa shape index (κ3) is 3.11. The first-order valence-corrected chi connectivity index (χ1v) is 5.90. The van der Waals surface area contributed by atoms with Crippen LogP contribution < -0.4 is 5.32 Å². The molecule has 86 valence electrons. The second-order valence-corrected chi connectivity index (χ2v) is 4.49. The number of aliphatic imine (C=N–C) groups is 1. The Morgan fingerprint density at radius 2 is 2.19 bits per heavy atom. The van der Waals surface area contributed by atoms with Crippen LogP contribution in [0.2, 0.25) is 10.0 Å². The van der Waals surface area contributed by atoms with Crippen LogP contribution in [0.3, 0.4) is 0 Å². The summed E-state index contributed by atoms with van der Waals surface area (Å²) in [4.78, 5) is 6.28. The number of benzene rings is 1. The van der Waals surface area contributed by atoms with E-state index < -0.39 is 0 Å². The van der Waals surface area contributed by atoms with Gasteiger partial charge in [-0.15, -0.1) is 0 Å². The van der Waals surface area contributed by atoms with E-state index >= 15 is 0 Å². The summed E-state index contributed by atoms with van der Waals surface area (Å²) in [6.07, 6.45) is 2.82. The fourth-order valence-corrected chi connectivity index (χ4v) is 1.88. The van der Waals surface area contributed by atoms with Gasteiger partial charge >= 0.3 is 0 Å². The first kappa shape index (κ1) is 11.7. The topological polar surface area (TPSA) is 27.6 Å². The summed E-state index contributed by atoms with van der Waals surface area (Å²) in [6, 6.07) is 5.75. The minimum atomic E-state index is 0.603. The average Bonchev–Trinajstić information content (AvgIpc) is 2.32. The minimum absolute atomic E-state index is 0.603. The van der Waals surface area contributed by atoms with Crippen LogP contribution in [0.5, 0.6) is 0 Å². The maximum absolute atomic E-state index is 5.95. The lowest BCUT2D eigenvalue weighted by Gasteiger charge is -2.23. The Balaban J connectivity index is 1.91. The summed E-state index contributed by atoms with van der Waals surface area (Å²) in [5.41, 5.74) is 1.19. The molecule has 0 bridgehead atoms. The molecule has 1 aromatic rings. The van der Waals surface area contributed by atoms with Crippen LogP contribution in [-0.2, 0) is 6.42 Å².